The first-order valence-corrected chi connectivity index (χ1v) is 10.7. The summed E-state index contributed by atoms with van der Waals surface area (Å²) in [6.07, 6.45) is 1.39. The first-order valence-electron chi connectivity index (χ1n) is 9.29. The van der Waals surface area contributed by atoms with Crippen molar-refractivity contribution in [1.82, 2.24) is 4.31 Å². The number of sulfonamides is 1. The summed E-state index contributed by atoms with van der Waals surface area (Å²) in [6.45, 7) is 0.978. The molecule has 1 saturated heterocycles. The summed E-state index contributed by atoms with van der Waals surface area (Å²) in [6, 6.07) is 20.6. The molecular formula is C22H22N2O3S. The Balaban J connectivity index is 1.54. The summed E-state index contributed by atoms with van der Waals surface area (Å²) in [7, 11) is -2.03. The number of hydrogen-bond donors (Lipinski definition) is 0. The van der Waals surface area contributed by atoms with Gasteiger partial charge in [-0.3, -0.25) is 4.79 Å². The average Bonchev–Trinajstić information content (AvgIpc) is 3.14. The van der Waals surface area contributed by atoms with Crippen molar-refractivity contribution in [2.75, 3.05) is 18.5 Å². The summed E-state index contributed by atoms with van der Waals surface area (Å²) >= 11 is 0. The highest BCUT2D eigenvalue weighted by Crippen LogP contribution is 2.25. The van der Waals surface area contributed by atoms with Crippen molar-refractivity contribution in [2.45, 2.75) is 24.3 Å². The molecule has 3 aromatic rings. The number of fused-ring (bicyclic) bond motifs is 1. The van der Waals surface area contributed by atoms with Gasteiger partial charge in [-0.2, -0.15) is 4.31 Å². The van der Waals surface area contributed by atoms with Crippen molar-refractivity contribution in [1.29, 1.82) is 0 Å². The number of anilines is 1. The molecule has 3 aromatic carbocycles. The van der Waals surface area contributed by atoms with Crippen molar-refractivity contribution < 1.29 is 13.2 Å². The van der Waals surface area contributed by atoms with Crippen LogP contribution >= 0.6 is 0 Å². The van der Waals surface area contributed by atoms with E-state index in [2.05, 4.69) is 0 Å². The van der Waals surface area contributed by atoms with Crippen LogP contribution in [0.1, 0.15) is 18.4 Å². The third kappa shape index (κ3) is 3.53. The quantitative estimate of drug-likeness (QED) is 0.662. The van der Waals surface area contributed by atoms with E-state index in [4.69, 9.17) is 0 Å². The minimum atomic E-state index is -3.61. The maximum absolute atomic E-state index is 12.9. The van der Waals surface area contributed by atoms with E-state index in [-0.39, 0.29) is 10.8 Å². The van der Waals surface area contributed by atoms with E-state index in [1.165, 1.54) is 4.31 Å². The number of carbonyl (C=O) groups excluding carboxylic acids is 1. The second-order valence-corrected chi connectivity index (χ2v) is 9.13. The Kier molecular flexibility index (Phi) is 4.91. The Morgan fingerprint density at radius 3 is 2.36 bits per heavy atom. The van der Waals surface area contributed by atoms with Gasteiger partial charge in [-0.05, 0) is 53.1 Å². The van der Waals surface area contributed by atoms with Gasteiger partial charge in [-0.25, -0.2) is 8.42 Å². The molecule has 1 fully saturated rings. The molecule has 0 bridgehead atoms. The number of hydrogen-bond acceptors (Lipinski definition) is 3. The Morgan fingerprint density at radius 2 is 1.68 bits per heavy atom. The SMILES string of the molecule is CN(Cc1ccc2ccccc2c1)S(=O)(=O)c1ccc(N2CCCC2=O)cc1. The molecule has 0 atom stereocenters. The molecule has 144 valence electrons. The van der Waals surface area contributed by atoms with Crippen molar-refractivity contribution in [3.05, 3.63) is 72.3 Å². The standard InChI is InChI=1S/C22H22N2O3S/c1-23(16-17-8-9-18-5-2-3-6-19(18)15-17)28(26,27)21-12-10-20(11-13-21)24-14-4-7-22(24)25/h2-3,5-6,8-13,15H,4,7,14,16H2,1H3. The van der Waals surface area contributed by atoms with Crippen LogP contribution in [0.25, 0.3) is 10.8 Å². The monoisotopic (exact) mass is 394 g/mol. The van der Waals surface area contributed by atoms with Crippen LogP contribution < -0.4 is 4.90 Å². The summed E-state index contributed by atoms with van der Waals surface area (Å²) < 4.78 is 27.2. The number of benzene rings is 3. The fourth-order valence-electron chi connectivity index (χ4n) is 3.58. The van der Waals surface area contributed by atoms with Crippen molar-refractivity contribution in [2.24, 2.45) is 0 Å². The molecule has 0 spiro atoms. The fraction of sp³-hybridized carbons (Fsp3) is 0.227. The van der Waals surface area contributed by atoms with E-state index in [9.17, 15) is 13.2 Å². The van der Waals surface area contributed by atoms with Crippen LogP contribution in [0.2, 0.25) is 0 Å². The van der Waals surface area contributed by atoms with Gasteiger partial charge in [0.15, 0.2) is 0 Å². The zero-order valence-electron chi connectivity index (χ0n) is 15.7. The molecule has 1 aliphatic rings. The molecule has 0 N–H and O–H groups in total. The molecule has 0 aromatic heterocycles. The Labute approximate surface area is 165 Å². The van der Waals surface area contributed by atoms with Crippen molar-refractivity contribution in [3.8, 4) is 0 Å². The molecule has 1 aliphatic heterocycles. The van der Waals surface area contributed by atoms with Crippen LogP contribution in [-0.2, 0) is 21.4 Å². The molecule has 0 radical (unpaired) electrons. The van der Waals surface area contributed by atoms with Crippen molar-refractivity contribution in [3.63, 3.8) is 0 Å². The molecule has 28 heavy (non-hydrogen) atoms. The van der Waals surface area contributed by atoms with Gasteiger partial charge in [-0.15, -0.1) is 0 Å². The van der Waals surface area contributed by atoms with Crippen molar-refractivity contribution >= 4 is 32.4 Å². The van der Waals surface area contributed by atoms with E-state index in [0.29, 0.717) is 19.5 Å². The first-order chi connectivity index (χ1) is 13.4. The van der Waals surface area contributed by atoms with Gasteiger partial charge in [0.1, 0.15) is 0 Å². The Morgan fingerprint density at radius 1 is 0.964 bits per heavy atom. The zero-order valence-corrected chi connectivity index (χ0v) is 16.5. The van der Waals surface area contributed by atoms with Gasteiger partial charge in [-0.1, -0.05) is 36.4 Å². The van der Waals surface area contributed by atoms with E-state index in [1.807, 2.05) is 42.5 Å². The van der Waals surface area contributed by atoms with Crippen LogP contribution in [0.15, 0.2) is 71.6 Å². The number of amides is 1. The largest absolute Gasteiger partial charge is 0.312 e. The highest BCUT2D eigenvalue weighted by molar-refractivity contribution is 7.89. The van der Waals surface area contributed by atoms with Crippen LogP contribution in [0, 0.1) is 0 Å². The maximum Gasteiger partial charge on any atom is 0.243 e. The smallest absolute Gasteiger partial charge is 0.243 e. The highest BCUT2D eigenvalue weighted by Gasteiger charge is 2.24. The second kappa shape index (κ2) is 7.37. The average molecular weight is 394 g/mol. The lowest BCUT2D eigenvalue weighted by atomic mass is 10.1. The molecule has 5 nitrogen and oxygen atoms in total. The Hall–Kier alpha value is -2.70. The summed E-state index contributed by atoms with van der Waals surface area (Å²) in [5.74, 6) is 0.0871. The number of carbonyl (C=O) groups is 1. The lowest BCUT2D eigenvalue weighted by Crippen LogP contribution is -2.27. The molecule has 1 amide bonds. The molecule has 0 unspecified atom stereocenters. The maximum atomic E-state index is 12.9. The normalized spacial score (nSPS) is 14.9. The summed E-state index contributed by atoms with van der Waals surface area (Å²) in [5.41, 5.74) is 1.68. The first kappa shape index (κ1) is 18.7. The van der Waals surface area contributed by atoms with Crippen LogP contribution in [-0.4, -0.2) is 32.2 Å². The molecule has 0 saturated carbocycles. The summed E-state index contributed by atoms with van der Waals surface area (Å²) in [5, 5.41) is 2.22. The second-order valence-electron chi connectivity index (χ2n) is 7.09. The minimum Gasteiger partial charge on any atom is -0.312 e. The fourth-order valence-corrected chi connectivity index (χ4v) is 4.74. The molecule has 4 rings (SSSR count). The third-order valence-electron chi connectivity index (χ3n) is 5.15. The lowest BCUT2D eigenvalue weighted by Gasteiger charge is -2.19. The van der Waals surface area contributed by atoms with E-state index in [0.717, 1.165) is 28.4 Å². The van der Waals surface area contributed by atoms with Crippen LogP contribution in [0.5, 0.6) is 0 Å². The summed E-state index contributed by atoms with van der Waals surface area (Å²) in [4.78, 5) is 13.8. The van der Waals surface area contributed by atoms with Gasteiger partial charge < -0.3 is 4.90 Å². The molecule has 1 heterocycles. The topological polar surface area (TPSA) is 57.7 Å². The van der Waals surface area contributed by atoms with Gasteiger partial charge in [0.2, 0.25) is 15.9 Å². The lowest BCUT2D eigenvalue weighted by molar-refractivity contribution is -0.117. The zero-order chi connectivity index (χ0) is 19.7. The van der Waals surface area contributed by atoms with E-state index < -0.39 is 10.0 Å². The minimum absolute atomic E-state index is 0.0871. The van der Waals surface area contributed by atoms with Gasteiger partial charge in [0, 0.05) is 32.2 Å². The van der Waals surface area contributed by atoms with E-state index in [1.54, 1.807) is 36.2 Å². The predicted molar refractivity (Wildman–Crippen MR) is 111 cm³/mol. The van der Waals surface area contributed by atoms with Crippen LogP contribution in [0.4, 0.5) is 5.69 Å². The van der Waals surface area contributed by atoms with Gasteiger partial charge >= 0.3 is 0 Å². The van der Waals surface area contributed by atoms with Gasteiger partial charge in [0.25, 0.3) is 0 Å². The molecule has 0 aliphatic carbocycles. The van der Waals surface area contributed by atoms with E-state index >= 15 is 0 Å². The Bertz CT molecular complexity index is 1120. The van der Waals surface area contributed by atoms with Crippen LogP contribution in [0.3, 0.4) is 0 Å². The number of rotatable bonds is 5. The van der Waals surface area contributed by atoms with Gasteiger partial charge in [0.05, 0.1) is 4.90 Å². The predicted octanol–water partition coefficient (Wildman–Crippen LogP) is 3.79. The highest BCUT2D eigenvalue weighted by atomic mass is 32.2. The third-order valence-corrected chi connectivity index (χ3v) is 6.97. The number of nitrogens with zero attached hydrogens (tertiary/aromatic N) is 2. The molecule has 6 heteroatoms. The molecular weight excluding hydrogens is 372 g/mol.